The van der Waals surface area contributed by atoms with Gasteiger partial charge < -0.3 is 9.64 Å². The molecule has 2 fully saturated rings. The molecule has 180 valence electrons. The third-order valence-electron chi connectivity index (χ3n) is 5.95. The number of sulfone groups is 1. The molecular formula is C26H23ClN2O4S2. The largest absolute Gasteiger partial charge is 0.489 e. The number of halogens is 1. The number of thioether (sulfide) groups is 1. The van der Waals surface area contributed by atoms with Gasteiger partial charge in [0.15, 0.2) is 15.0 Å². The number of fused-ring (bicyclic) bond motifs is 1. The van der Waals surface area contributed by atoms with Gasteiger partial charge in [-0.25, -0.2) is 8.42 Å². The monoisotopic (exact) mass is 526 g/mol. The van der Waals surface area contributed by atoms with Crippen LogP contribution in [0.15, 0.2) is 83.9 Å². The first-order valence-electron chi connectivity index (χ1n) is 11.2. The SMILES string of the molecule is O=C(Cc1ccccc1Cl)N=C1S[C@@H]2CS(=O)(=O)C[C@H]2N1c1ccc(OCc2ccccc2)cc1. The number of hydrogen-bond acceptors (Lipinski definition) is 5. The molecule has 5 rings (SSSR count). The molecule has 1 amide bonds. The lowest BCUT2D eigenvalue weighted by molar-refractivity contribution is -0.117. The van der Waals surface area contributed by atoms with Crippen LogP contribution in [0.3, 0.4) is 0 Å². The van der Waals surface area contributed by atoms with Crippen LogP contribution in [0, 0.1) is 0 Å². The average Bonchev–Trinajstić information content (AvgIpc) is 3.31. The molecule has 0 unspecified atom stereocenters. The van der Waals surface area contributed by atoms with E-state index in [-0.39, 0.29) is 35.1 Å². The van der Waals surface area contributed by atoms with Crippen LogP contribution in [-0.2, 0) is 27.7 Å². The standard InChI is InChI=1S/C26H23ClN2O4S2/c27-22-9-5-4-8-19(22)14-25(30)28-26-29(23-16-35(31,32)17-24(23)34-26)20-10-12-21(13-11-20)33-15-18-6-2-1-3-7-18/h1-13,23-24H,14-17H2/t23-,24-/m1/s1. The van der Waals surface area contributed by atoms with Crippen molar-refractivity contribution in [2.24, 2.45) is 4.99 Å². The number of amides is 1. The van der Waals surface area contributed by atoms with E-state index in [1.165, 1.54) is 11.8 Å². The first kappa shape index (κ1) is 23.9. The van der Waals surface area contributed by atoms with Crippen molar-refractivity contribution in [2.45, 2.75) is 24.3 Å². The van der Waals surface area contributed by atoms with Crippen LogP contribution in [0.25, 0.3) is 0 Å². The number of ether oxygens (including phenoxy) is 1. The third kappa shape index (κ3) is 5.55. The molecule has 0 bridgehead atoms. The van der Waals surface area contributed by atoms with Crippen molar-refractivity contribution in [3.8, 4) is 5.75 Å². The topological polar surface area (TPSA) is 76.0 Å². The summed E-state index contributed by atoms with van der Waals surface area (Å²) in [5.41, 5.74) is 2.55. The summed E-state index contributed by atoms with van der Waals surface area (Å²) in [4.78, 5) is 19.1. The lowest BCUT2D eigenvalue weighted by Crippen LogP contribution is -2.37. The normalized spacial score (nSPS) is 21.7. The second-order valence-electron chi connectivity index (χ2n) is 8.50. The van der Waals surface area contributed by atoms with Crippen molar-refractivity contribution in [3.63, 3.8) is 0 Å². The Labute approximate surface area is 213 Å². The number of amidine groups is 1. The van der Waals surface area contributed by atoms with E-state index < -0.39 is 9.84 Å². The molecule has 0 aromatic heterocycles. The predicted octanol–water partition coefficient (Wildman–Crippen LogP) is 4.76. The molecule has 0 saturated carbocycles. The van der Waals surface area contributed by atoms with Crippen molar-refractivity contribution in [2.75, 3.05) is 16.4 Å². The maximum Gasteiger partial charge on any atom is 0.252 e. The van der Waals surface area contributed by atoms with Crippen LogP contribution in [0.2, 0.25) is 5.02 Å². The minimum Gasteiger partial charge on any atom is -0.489 e. The second-order valence-corrected chi connectivity index (χ2v) is 12.3. The zero-order chi connectivity index (χ0) is 24.4. The molecule has 0 radical (unpaired) electrons. The summed E-state index contributed by atoms with van der Waals surface area (Å²) < 4.78 is 30.5. The van der Waals surface area contributed by atoms with E-state index in [1.807, 2.05) is 71.6 Å². The Bertz CT molecular complexity index is 1360. The maximum absolute atomic E-state index is 12.8. The summed E-state index contributed by atoms with van der Waals surface area (Å²) in [6, 6.07) is 24.3. The summed E-state index contributed by atoms with van der Waals surface area (Å²) in [5.74, 6) is 0.494. The highest BCUT2D eigenvalue weighted by atomic mass is 35.5. The number of anilines is 1. The number of aliphatic imine (C=N–C) groups is 1. The van der Waals surface area contributed by atoms with E-state index in [0.29, 0.717) is 28.1 Å². The molecule has 2 atom stereocenters. The van der Waals surface area contributed by atoms with Crippen molar-refractivity contribution < 1.29 is 17.9 Å². The van der Waals surface area contributed by atoms with Gasteiger partial charge in [-0.2, -0.15) is 4.99 Å². The molecule has 9 heteroatoms. The minimum atomic E-state index is -3.14. The summed E-state index contributed by atoms with van der Waals surface area (Å²) >= 11 is 7.56. The van der Waals surface area contributed by atoms with Crippen LogP contribution in [-0.4, -0.2) is 42.3 Å². The van der Waals surface area contributed by atoms with E-state index in [0.717, 1.165) is 11.3 Å². The zero-order valence-corrected chi connectivity index (χ0v) is 21.1. The lowest BCUT2D eigenvalue weighted by atomic mass is 10.1. The highest BCUT2D eigenvalue weighted by molar-refractivity contribution is 8.16. The Kier molecular flexibility index (Phi) is 6.86. The van der Waals surface area contributed by atoms with E-state index in [9.17, 15) is 13.2 Å². The van der Waals surface area contributed by atoms with Crippen molar-refractivity contribution in [3.05, 3.63) is 95.0 Å². The Balaban J connectivity index is 1.37. The van der Waals surface area contributed by atoms with Crippen LogP contribution < -0.4 is 9.64 Å². The average molecular weight is 527 g/mol. The molecule has 0 N–H and O–H groups in total. The Morgan fingerprint density at radius 3 is 2.46 bits per heavy atom. The molecule has 0 spiro atoms. The fraction of sp³-hybridized carbons (Fsp3) is 0.231. The van der Waals surface area contributed by atoms with E-state index in [1.54, 1.807) is 12.1 Å². The molecular weight excluding hydrogens is 504 g/mol. The number of nitrogens with zero attached hydrogens (tertiary/aromatic N) is 2. The second kappa shape index (κ2) is 10.0. The number of carbonyl (C=O) groups is 1. The predicted molar refractivity (Wildman–Crippen MR) is 141 cm³/mol. The third-order valence-corrected chi connectivity index (χ3v) is 9.53. The van der Waals surface area contributed by atoms with Gasteiger partial charge in [-0.05, 0) is 41.5 Å². The molecule has 2 saturated heterocycles. The quantitative estimate of drug-likeness (QED) is 0.461. The highest BCUT2D eigenvalue weighted by Crippen LogP contribution is 2.41. The van der Waals surface area contributed by atoms with Gasteiger partial charge in [-0.3, -0.25) is 4.79 Å². The number of rotatable bonds is 6. The first-order chi connectivity index (χ1) is 16.9. The molecule has 35 heavy (non-hydrogen) atoms. The molecule has 3 aromatic carbocycles. The van der Waals surface area contributed by atoms with Crippen molar-refractivity contribution in [1.29, 1.82) is 0 Å². The van der Waals surface area contributed by atoms with Gasteiger partial charge in [0.1, 0.15) is 12.4 Å². The summed E-state index contributed by atoms with van der Waals surface area (Å²) in [6.07, 6.45) is 0.0808. The summed E-state index contributed by atoms with van der Waals surface area (Å²) in [6.45, 7) is 0.450. The molecule has 2 aliphatic rings. The summed E-state index contributed by atoms with van der Waals surface area (Å²) in [7, 11) is -3.14. The number of benzene rings is 3. The van der Waals surface area contributed by atoms with Gasteiger partial charge in [-0.1, -0.05) is 71.9 Å². The lowest BCUT2D eigenvalue weighted by Gasteiger charge is -2.24. The van der Waals surface area contributed by atoms with Crippen LogP contribution in [0.5, 0.6) is 5.75 Å². The molecule has 6 nitrogen and oxygen atoms in total. The Morgan fingerprint density at radius 2 is 1.71 bits per heavy atom. The van der Waals surface area contributed by atoms with Gasteiger partial charge in [0.05, 0.1) is 24.0 Å². The molecule has 2 aliphatic heterocycles. The van der Waals surface area contributed by atoms with E-state index in [4.69, 9.17) is 16.3 Å². The number of carbonyl (C=O) groups excluding carboxylic acids is 1. The fourth-order valence-corrected chi connectivity index (χ4v) is 8.39. The van der Waals surface area contributed by atoms with Gasteiger partial charge >= 0.3 is 0 Å². The van der Waals surface area contributed by atoms with Gasteiger partial charge in [-0.15, -0.1) is 0 Å². The molecule has 2 heterocycles. The van der Waals surface area contributed by atoms with Crippen LogP contribution in [0.1, 0.15) is 11.1 Å². The molecule has 3 aromatic rings. The van der Waals surface area contributed by atoms with Gasteiger partial charge in [0, 0.05) is 16.0 Å². The fourth-order valence-electron chi connectivity index (χ4n) is 4.26. The molecule has 0 aliphatic carbocycles. The zero-order valence-electron chi connectivity index (χ0n) is 18.7. The maximum atomic E-state index is 12.8. The van der Waals surface area contributed by atoms with E-state index in [2.05, 4.69) is 4.99 Å². The van der Waals surface area contributed by atoms with Crippen LogP contribution in [0.4, 0.5) is 5.69 Å². The Hall–Kier alpha value is -2.81. The first-order valence-corrected chi connectivity index (χ1v) is 14.2. The van der Waals surface area contributed by atoms with Gasteiger partial charge in [0.25, 0.3) is 5.91 Å². The minimum absolute atomic E-state index is 0.0364. The summed E-state index contributed by atoms with van der Waals surface area (Å²) in [5, 5.41) is 0.872. The van der Waals surface area contributed by atoms with E-state index >= 15 is 0 Å². The smallest absolute Gasteiger partial charge is 0.252 e. The van der Waals surface area contributed by atoms with Crippen molar-refractivity contribution in [1.82, 2.24) is 0 Å². The number of hydrogen-bond donors (Lipinski definition) is 0. The Morgan fingerprint density at radius 1 is 1.00 bits per heavy atom. The highest BCUT2D eigenvalue weighted by Gasteiger charge is 2.49. The van der Waals surface area contributed by atoms with Crippen molar-refractivity contribution >= 4 is 50.0 Å². The van der Waals surface area contributed by atoms with Gasteiger partial charge in [0.2, 0.25) is 0 Å². The van der Waals surface area contributed by atoms with Crippen LogP contribution >= 0.6 is 23.4 Å².